The first kappa shape index (κ1) is 28.1. The third kappa shape index (κ3) is 4.53. The van der Waals surface area contributed by atoms with Crippen LogP contribution in [0.25, 0.3) is 22.2 Å². The summed E-state index contributed by atoms with van der Waals surface area (Å²) in [5.74, 6) is 1.80. The monoisotopic (exact) mass is 707 g/mol. The maximum atomic E-state index is 10.7. The van der Waals surface area contributed by atoms with E-state index < -0.39 is 0 Å². The summed E-state index contributed by atoms with van der Waals surface area (Å²) in [7, 11) is 0. The quantitative estimate of drug-likeness (QED) is 0.190. The van der Waals surface area contributed by atoms with Crippen molar-refractivity contribution in [3.8, 4) is 17.0 Å². The van der Waals surface area contributed by atoms with Crippen LogP contribution in [-0.2, 0) is 26.5 Å². The van der Waals surface area contributed by atoms with Crippen molar-refractivity contribution in [3.05, 3.63) is 107 Å². The predicted molar refractivity (Wildman–Crippen MR) is 160 cm³/mol. The van der Waals surface area contributed by atoms with Gasteiger partial charge in [0, 0.05) is 38.3 Å². The number of anilines is 3. The Balaban J connectivity index is 0.00000323. The van der Waals surface area contributed by atoms with Crippen LogP contribution in [-0.4, -0.2) is 15.1 Å². The van der Waals surface area contributed by atoms with Gasteiger partial charge >= 0.3 is 0 Å². The molecule has 1 N–H and O–H groups in total. The fourth-order valence-corrected chi connectivity index (χ4v) is 5.81. The van der Waals surface area contributed by atoms with Gasteiger partial charge in [-0.1, -0.05) is 83.5 Å². The minimum Gasteiger partial charge on any atom is -0.506 e. The molecule has 0 aliphatic carbocycles. The van der Waals surface area contributed by atoms with Crippen LogP contribution in [0.3, 0.4) is 0 Å². The molecule has 0 atom stereocenters. The maximum Gasteiger partial charge on any atom is 0.140 e. The first-order valence-electron chi connectivity index (χ1n) is 13.7. The number of aromatic hydroxyl groups is 1. The normalized spacial score (nSPS) is 13.8. The summed E-state index contributed by atoms with van der Waals surface area (Å²) in [6, 6.07) is 28.7. The van der Waals surface area contributed by atoms with Gasteiger partial charge in [-0.2, -0.15) is 0 Å². The van der Waals surface area contributed by atoms with Gasteiger partial charge in [0.15, 0.2) is 0 Å². The molecule has 4 nitrogen and oxygen atoms in total. The van der Waals surface area contributed by atoms with Crippen molar-refractivity contribution in [2.75, 3.05) is 4.90 Å². The molecule has 3 aromatic carbocycles. The van der Waals surface area contributed by atoms with Gasteiger partial charge in [-0.15, -0.1) is 23.8 Å². The number of hydrogen-bond donors (Lipinski definition) is 1. The van der Waals surface area contributed by atoms with Gasteiger partial charge in [-0.3, -0.25) is 4.98 Å². The van der Waals surface area contributed by atoms with Crippen LogP contribution in [0.1, 0.15) is 75.6 Å². The summed E-state index contributed by atoms with van der Waals surface area (Å²) in [6.45, 7) is 13.3. The molecule has 3 heterocycles. The topological polar surface area (TPSA) is 49.2 Å². The number of pyridine rings is 2. The Kier molecular flexibility index (Phi) is 7.35. The van der Waals surface area contributed by atoms with E-state index in [0.717, 1.165) is 33.8 Å². The number of fused-ring (bicyclic) bond motifs is 3. The molecule has 0 radical (unpaired) electrons. The molecular weight excluding hydrogens is 673 g/mol. The first-order chi connectivity index (χ1) is 18.7. The minimum absolute atomic E-state index is 0. The van der Waals surface area contributed by atoms with Crippen molar-refractivity contribution in [1.82, 2.24) is 9.97 Å². The van der Waals surface area contributed by atoms with Gasteiger partial charge in [0.1, 0.15) is 17.1 Å². The molecule has 0 bridgehead atoms. The number of rotatable bonds is 4. The van der Waals surface area contributed by atoms with Crippen LogP contribution < -0.4 is 4.90 Å². The average molecular weight is 708 g/mol. The van der Waals surface area contributed by atoms with Crippen LogP contribution in [0.4, 0.5) is 17.2 Å². The van der Waals surface area contributed by atoms with Crippen LogP contribution in [0.15, 0.2) is 79.0 Å². The molecule has 0 saturated carbocycles. The predicted octanol–water partition coefficient (Wildman–Crippen LogP) is 9.16. The molecule has 206 valence electrons. The smallest absolute Gasteiger partial charge is 0.140 e. The van der Waals surface area contributed by atoms with E-state index in [0.29, 0.717) is 17.4 Å². The van der Waals surface area contributed by atoms with E-state index >= 15 is 0 Å². The molecule has 0 fully saturated rings. The van der Waals surface area contributed by atoms with Gasteiger partial charge in [-0.05, 0) is 69.6 Å². The molecule has 2 aromatic heterocycles. The van der Waals surface area contributed by atoms with E-state index in [1.165, 1.54) is 22.3 Å². The zero-order chi connectivity index (χ0) is 27.5. The summed E-state index contributed by atoms with van der Waals surface area (Å²) in [6.07, 6.45) is 1.90. The van der Waals surface area contributed by atoms with Gasteiger partial charge in [0.05, 0.1) is 0 Å². The zero-order valence-corrected chi connectivity index (χ0v) is 26.0. The molecule has 0 saturated heterocycles. The molecule has 40 heavy (non-hydrogen) atoms. The Morgan fingerprint density at radius 2 is 1.62 bits per heavy atom. The number of nitrogens with zero attached hydrogens (tertiary/aromatic N) is 3. The third-order valence-electron chi connectivity index (χ3n) is 8.07. The summed E-state index contributed by atoms with van der Waals surface area (Å²) in [5, 5.41) is 11.7. The van der Waals surface area contributed by atoms with Crippen molar-refractivity contribution < 1.29 is 26.2 Å². The molecule has 1 aliphatic heterocycles. The molecule has 6 rings (SSSR count). The Morgan fingerprint density at radius 3 is 2.38 bits per heavy atom. The minimum atomic E-state index is -0.214. The Hall–Kier alpha value is -3.49. The molecule has 0 amide bonds. The molecular formula is C35H34N3OPt-. The fraction of sp³-hybridized carbons (Fsp3) is 0.257. The van der Waals surface area contributed by atoms with Crippen LogP contribution in [0, 0.1) is 6.07 Å². The number of para-hydroxylation sites is 1. The number of hydrogen-bond acceptors (Lipinski definition) is 4. The summed E-state index contributed by atoms with van der Waals surface area (Å²) in [4.78, 5) is 12.0. The van der Waals surface area contributed by atoms with Gasteiger partial charge in [-0.25, -0.2) is 4.98 Å². The van der Waals surface area contributed by atoms with Gasteiger partial charge < -0.3 is 10.0 Å². The van der Waals surface area contributed by atoms with Crippen LogP contribution in [0.2, 0.25) is 0 Å². The van der Waals surface area contributed by atoms with Crippen LogP contribution >= 0.6 is 0 Å². The van der Waals surface area contributed by atoms with Crippen molar-refractivity contribution >= 4 is 28.1 Å². The first-order valence-corrected chi connectivity index (χ1v) is 13.7. The average Bonchev–Trinajstić information content (AvgIpc) is 2.93. The maximum absolute atomic E-state index is 10.7. The molecule has 1 aliphatic rings. The number of aromatic nitrogens is 2. The van der Waals surface area contributed by atoms with E-state index in [4.69, 9.17) is 9.97 Å². The Bertz CT molecular complexity index is 1720. The number of benzene rings is 3. The van der Waals surface area contributed by atoms with E-state index in [-0.39, 0.29) is 32.2 Å². The van der Waals surface area contributed by atoms with Gasteiger partial charge in [0.25, 0.3) is 0 Å². The summed E-state index contributed by atoms with van der Waals surface area (Å²) < 4.78 is 0. The molecule has 0 unspecified atom stereocenters. The standard InChI is InChI=1S/C35H34N3O.Pt/c1-21(2)23-17-18-36-33(20-23)38-30-10-8-7-9-27(30)35(5,6)28-14-11-24(19-31(28)38)29-15-12-26-25(22(3)4)13-16-32(39)34(26)37-29;/h7-18,20-22,39H,1-6H3;/q-1;. The summed E-state index contributed by atoms with van der Waals surface area (Å²) in [5.41, 5.74) is 9.02. The summed E-state index contributed by atoms with van der Waals surface area (Å²) >= 11 is 0. The SMILES string of the molecule is CC(C)c1ccnc(N2c3[c-]c(-c4ccc5c(C(C)C)ccc(O)c5n4)ccc3C(C)(C)c3ccccc32)c1.[Pt]. The van der Waals surface area contributed by atoms with E-state index in [1.54, 1.807) is 6.07 Å². The number of phenols is 1. The van der Waals surface area contributed by atoms with Gasteiger partial charge in [0.2, 0.25) is 0 Å². The van der Waals surface area contributed by atoms with Crippen molar-refractivity contribution in [2.45, 2.75) is 58.8 Å². The Morgan fingerprint density at radius 1 is 0.850 bits per heavy atom. The molecule has 5 heteroatoms. The van der Waals surface area contributed by atoms with Crippen molar-refractivity contribution in [2.24, 2.45) is 0 Å². The van der Waals surface area contributed by atoms with E-state index in [9.17, 15) is 5.11 Å². The zero-order valence-electron chi connectivity index (χ0n) is 23.8. The van der Waals surface area contributed by atoms with Crippen molar-refractivity contribution in [3.63, 3.8) is 0 Å². The van der Waals surface area contributed by atoms with Crippen molar-refractivity contribution in [1.29, 1.82) is 0 Å². The van der Waals surface area contributed by atoms with E-state index in [2.05, 4.69) is 107 Å². The Labute approximate surface area is 251 Å². The molecule has 0 spiro atoms. The second-order valence-corrected chi connectivity index (χ2v) is 11.6. The second-order valence-electron chi connectivity index (χ2n) is 11.6. The van der Waals surface area contributed by atoms with E-state index in [1.807, 2.05) is 18.3 Å². The second kappa shape index (κ2) is 10.5. The number of phenolic OH excluding ortho intramolecular Hbond substituents is 1. The fourth-order valence-electron chi connectivity index (χ4n) is 5.81. The third-order valence-corrected chi connectivity index (χ3v) is 8.07. The van der Waals surface area contributed by atoms with Crippen LogP contribution in [0.5, 0.6) is 5.75 Å². The largest absolute Gasteiger partial charge is 0.506 e. The molecule has 5 aromatic rings.